The van der Waals surface area contributed by atoms with E-state index in [1.807, 2.05) is 12.1 Å². The van der Waals surface area contributed by atoms with E-state index in [2.05, 4.69) is 304 Å². The van der Waals surface area contributed by atoms with E-state index in [0.29, 0.717) is 0 Å². The van der Waals surface area contributed by atoms with Gasteiger partial charge in [0.2, 0.25) is 0 Å². The standard InChI is InChI=1S/C85H96N6.Sn/c1-26-49-27-29-50(30-28-49)77-90-75-73-71(53-41-59(82(14,15)16)47-60(42-53)83(17,18)19)67-35-33-65(87-67)69(51-37-55(78(2,3)4)45-56(38-51)79(5,6)7)63-31-32-64(86-63)70(52-39-57(80(8,9)10)46-58(40-52)81(11,12)13)66-34-36-68(88-66)72(74(89-73)76(75)91-77)54-43-61(84(20,21)22)48-62(44-54)85(23,24)25;/h1,27-48H,2-25H3,(H,90,91);/q-2;+2. The quantitative estimate of drug-likeness (QED) is 0.135. The number of nitrogens with one attached hydrogen (secondary N) is 1. The van der Waals surface area contributed by atoms with E-state index in [0.717, 1.165) is 107 Å². The van der Waals surface area contributed by atoms with Crippen molar-refractivity contribution in [2.75, 3.05) is 0 Å². The Labute approximate surface area is 561 Å². The molecule has 7 heterocycles. The molecule has 92 heavy (non-hydrogen) atoms. The van der Waals surface area contributed by atoms with Crippen LogP contribution in [0.5, 0.6) is 0 Å². The Balaban J connectivity index is 1.37. The molecule has 0 saturated heterocycles. The summed E-state index contributed by atoms with van der Waals surface area (Å²) in [5.74, 6) is 3.61. The van der Waals surface area contributed by atoms with Gasteiger partial charge in [-0.15, -0.1) is 6.42 Å². The Morgan fingerprint density at radius 3 is 1.15 bits per heavy atom. The Hall–Kier alpha value is -7.47. The van der Waals surface area contributed by atoms with Gasteiger partial charge in [0, 0.05) is 0 Å². The molecule has 7 heteroatoms. The van der Waals surface area contributed by atoms with Gasteiger partial charge in [0.1, 0.15) is 0 Å². The zero-order valence-corrected chi connectivity index (χ0v) is 62.4. The molecule has 0 saturated carbocycles. The zero-order valence-electron chi connectivity index (χ0n) is 59.5. The number of aliphatic imine (C=N–C) groups is 2. The summed E-state index contributed by atoms with van der Waals surface area (Å²) in [5.41, 5.74) is 27.4. The first-order valence-corrected chi connectivity index (χ1v) is 35.8. The molecule has 4 aliphatic heterocycles. The van der Waals surface area contributed by atoms with Crippen LogP contribution >= 0.6 is 0 Å². The van der Waals surface area contributed by atoms with Crippen molar-refractivity contribution in [3.8, 4) is 23.7 Å². The molecule has 5 aromatic carbocycles. The van der Waals surface area contributed by atoms with Gasteiger partial charge in [0.25, 0.3) is 0 Å². The summed E-state index contributed by atoms with van der Waals surface area (Å²) in [6.07, 6.45) is 10.6. The minimum absolute atomic E-state index is 0.136. The third kappa shape index (κ3) is 11.8. The summed E-state index contributed by atoms with van der Waals surface area (Å²) in [4.78, 5) is 22.1. The monoisotopic (exact) mass is 1320 g/mol. The number of aromatic amines is 1. The number of fused-ring (bicyclic) bond motifs is 5. The maximum absolute atomic E-state index is 6.25. The fourth-order valence-electron chi connectivity index (χ4n) is 13.0. The summed E-state index contributed by atoms with van der Waals surface area (Å²) in [6.45, 7) is 56.3. The van der Waals surface area contributed by atoms with Crippen LogP contribution in [-0.4, -0.2) is 48.7 Å². The fraction of sp³-hybridized carbons (Fsp3) is 0.376. The second-order valence-electron chi connectivity index (χ2n) is 34.7. The van der Waals surface area contributed by atoms with Gasteiger partial charge in [-0.25, -0.2) is 0 Å². The number of benzene rings is 5. The second-order valence-corrected chi connectivity index (χ2v) is 37.9. The molecule has 1 N–H and O–H groups in total. The first kappa shape index (κ1) is 64.6. The van der Waals surface area contributed by atoms with Crippen molar-refractivity contribution in [3.63, 3.8) is 0 Å². The molecule has 0 amide bonds. The normalized spacial score (nSPS) is 15.5. The number of hydrogen-bond donors (Lipinski definition) is 1. The molecule has 0 fully saturated rings. The van der Waals surface area contributed by atoms with Gasteiger partial charge in [-0.2, -0.15) is 0 Å². The van der Waals surface area contributed by atoms with Crippen molar-refractivity contribution in [1.29, 1.82) is 0 Å². The van der Waals surface area contributed by atoms with Crippen molar-refractivity contribution in [2.45, 2.75) is 209 Å². The van der Waals surface area contributed by atoms with Crippen molar-refractivity contribution >= 4 is 61.1 Å². The number of imidazole rings is 1. The van der Waals surface area contributed by atoms with E-state index in [-0.39, 0.29) is 43.3 Å². The number of aromatic nitrogens is 4. The second kappa shape index (κ2) is 21.8. The number of allylic oxidation sites excluding steroid dienone is 2. The van der Waals surface area contributed by atoms with Crippen molar-refractivity contribution < 1.29 is 0 Å². The van der Waals surface area contributed by atoms with Crippen LogP contribution in [0.3, 0.4) is 0 Å². The van der Waals surface area contributed by atoms with Crippen molar-refractivity contribution in [1.82, 2.24) is 15.5 Å². The number of rotatable bonds is 5. The van der Waals surface area contributed by atoms with Crippen LogP contribution in [0.1, 0.15) is 261 Å². The Kier molecular flexibility index (Phi) is 15.3. The van der Waals surface area contributed by atoms with Crippen LogP contribution in [0.4, 0.5) is 0 Å². The van der Waals surface area contributed by atoms with Gasteiger partial charge >= 0.3 is 558 Å². The SMILES string of the molecule is C#Cc1ccc(-c2nc3c([nH]2)C2=NC3=C(c3cc(C(C)(C)C)cc(C(C)(C)C)c3)c3ccc4[n]3[Sn][n]3c(ccc3=C2c2cc(C(C)(C)C)cc(C(C)(C)C)c2)=C(c2cc(C(C)(C)C)cc(C(C)(C)C)c2)C2=NC(=C4c3cc(C(C)(C)C)cc(C(C)(C)C)c3)C=C2)cc1. The third-order valence-corrected chi connectivity index (χ3v) is 23.0. The average Bonchev–Trinajstić information content (AvgIpc) is 1.54. The van der Waals surface area contributed by atoms with E-state index >= 15 is 0 Å². The fourth-order valence-corrected chi connectivity index (χ4v) is 16.9. The number of hydrogen-bond acceptors (Lipinski definition) is 3. The van der Waals surface area contributed by atoms with E-state index < -0.39 is 21.7 Å². The summed E-state index contributed by atoms with van der Waals surface area (Å²) < 4.78 is 5.57. The molecule has 3 aromatic heterocycles. The van der Waals surface area contributed by atoms with Crippen LogP contribution < -0.4 is 10.7 Å². The molecule has 8 aromatic rings. The number of nitrogens with zero attached hydrogens (tertiary/aromatic N) is 5. The predicted molar refractivity (Wildman–Crippen MR) is 392 cm³/mol. The Bertz CT molecular complexity index is 4620. The van der Waals surface area contributed by atoms with E-state index in [1.165, 1.54) is 55.6 Å². The zero-order chi connectivity index (χ0) is 66.7. The molecular weight excluding hydrogens is 1220 g/mol. The molecular formula is C85H96N6Sn. The molecule has 470 valence electrons. The predicted octanol–water partition coefficient (Wildman–Crippen LogP) is 18.9. The van der Waals surface area contributed by atoms with Crippen molar-refractivity contribution in [2.24, 2.45) is 9.98 Å². The number of terminal acetylenes is 1. The molecule has 2 radical (unpaired) electrons. The third-order valence-electron chi connectivity index (χ3n) is 19.1. The first-order valence-electron chi connectivity index (χ1n) is 33.2. The van der Waals surface area contributed by atoms with Gasteiger partial charge < -0.3 is 0 Å². The van der Waals surface area contributed by atoms with Gasteiger partial charge in [-0.3, -0.25) is 0 Å². The molecule has 12 rings (SSSR count). The van der Waals surface area contributed by atoms with Gasteiger partial charge in [-0.05, 0) is 0 Å². The molecule has 4 aliphatic rings. The van der Waals surface area contributed by atoms with E-state index in [1.54, 1.807) is 0 Å². The van der Waals surface area contributed by atoms with Gasteiger partial charge in [0.15, 0.2) is 0 Å². The topological polar surface area (TPSA) is 63.3 Å². The average molecular weight is 1320 g/mol. The van der Waals surface area contributed by atoms with E-state index in [9.17, 15) is 0 Å². The first-order chi connectivity index (χ1) is 42.6. The Morgan fingerprint density at radius 2 is 0.750 bits per heavy atom. The van der Waals surface area contributed by atoms with Crippen LogP contribution in [0, 0.1) is 12.3 Å². The van der Waals surface area contributed by atoms with Crippen LogP contribution in [0.15, 0.2) is 149 Å². The van der Waals surface area contributed by atoms with Gasteiger partial charge in [0.05, 0.1) is 0 Å². The van der Waals surface area contributed by atoms with Crippen LogP contribution in [0.25, 0.3) is 39.4 Å². The summed E-state index contributed by atoms with van der Waals surface area (Å²) >= 11 is -2.21. The summed E-state index contributed by atoms with van der Waals surface area (Å²) in [7, 11) is 0. The maximum atomic E-state index is 6.25. The molecule has 0 spiro atoms. The van der Waals surface area contributed by atoms with Crippen LogP contribution in [0.2, 0.25) is 0 Å². The van der Waals surface area contributed by atoms with E-state index in [4.69, 9.17) is 21.4 Å². The number of H-pyrrole nitrogens is 1. The molecule has 0 unspecified atom stereocenters. The minimum atomic E-state index is -2.21. The summed E-state index contributed by atoms with van der Waals surface area (Å²) in [5, 5.41) is 2.27. The molecule has 0 aliphatic carbocycles. The summed E-state index contributed by atoms with van der Waals surface area (Å²) in [6, 6.07) is 47.5. The molecule has 6 nitrogen and oxygen atoms in total. The van der Waals surface area contributed by atoms with Crippen molar-refractivity contribution in [3.05, 3.63) is 245 Å². The molecule has 6 bridgehead atoms. The molecule has 0 atom stereocenters. The van der Waals surface area contributed by atoms with Gasteiger partial charge in [-0.1, -0.05) is 0 Å². The van der Waals surface area contributed by atoms with Crippen LogP contribution in [-0.2, 0) is 43.3 Å². The Morgan fingerprint density at radius 1 is 0.380 bits per heavy atom.